The van der Waals surface area contributed by atoms with E-state index in [0.29, 0.717) is 35.1 Å². The minimum atomic E-state index is -0.241. The molecule has 4 rings (SSSR count). The molecule has 6 heteroatoms. The fourth-order valence-electron chi connectivity index (χ4n) is 3.13. The zero-order chi connectivity index (χ0) is 17.4. The predicted molar refractivity (Wildman–Crippen MR) is 98.6 cm³/mol. The Morgan fingerprint density at radius 3 is 2.80 bits per heavy atom. The van der Waals surface area contributed by atoms with Crippen LogP contribution in [0.1, 0.15) is 18.7 Å². The van der Waals surface area contributed by atoms with Crippen LogP contribution in [0.3, 0.4) is 0 Å². The largest absolute Gasteiger partial charge is 0.512 e. The summed E-state index contributed by atoms with van der Waals surface area (Å²) in [5.41, 5.74) is 2.98. The Hall–Kier alpha value is -2.79. The number of para-hydroxylation sites is 3. The second-order valence-electron chi connectivity index (χ2n) is 5.96. The lowest BCUT2D eigenvalue weighted by molar-refractivity contribution is -0.115. The molecule has 1 aromatic heterocycles. The van der Waals surface area contributed by atoms with Crippen molar-refractivity contribution in [1.29, 1.82) is 0 Å². The van der Waals surface area contributed by atoms with Crippen LogP contribution in [-0.4, -0.2) is 20.6 Å². The van der Waals surface area contributed by atoms with E-state index in [2.05, 4.69) is 10.3 Å². The number of benzene rings is 2. The number of carbonyl (C=O) groups excluding carboxylic acids is 1. The van der Waals surface area contributed by atoms with Crippen molar-refractivity contribution >= 4 is 39.8 Å². The number of hydrogen-bond acceptors (Lipinski definition) is 3. The third kappa shape index (κ3) is 2.87. The quantitative estimate of drug-likeness (QED) is 0.733. The molecule has 0 fully saturated rings. The monoisotopic (exact) mass is 353 g/mol. The maximum atomic E-state index is 12.5. The number of nitrogens with one attached hydrogen (secondary N) is 1. The van der Waals surface area contributed by atoms with E-state index in [1.54, 1.807) is 24.3 Å². The van der Waals surface area contributed by atoms with Crippen LogP contribution >= 0.6 is 11.6 Å². The van der Waals surface area contributed by atoms with Gasteiger partial charge in [0.2, 0.25) is 5.91 Å². The molecule has 1 aliphatic heterocycles. The van der Waals surface area contributed by atoms with Crippen LogP contribution in [0.15, 0.2) is 54.3 Å². The molecule has 3 aromatic rings. The first-order chi connectivity index (χ1) is 12.1. The Balaban J connectivity index is 1.64. The highest BCUT2D eigenvalue weighted by atomic mass is 35.5. The maximum Gasteiger partial charge on any atom is 0.229 e. The fraction of sp³-hybridized carbons (Fsp3) is 0.158. The summed E-state index contributed by atoms with van der Waals surface area (Å²) in [5, 5.41) is 13.6. The molecule has 0 spiro atoms. The normalized spacial score (nSPS) is 13.8. The van der Waals surface area contributed by atoms with Gasteiger partial charge in [-0.2, -0.15) is 0 Å². The van der Waals surface area contributed by atoms with E-state index in [1.807, 2.05) is 28.8 Å². The van der Waals surface area contributed by atoms with Gasteiger partial charge in [0.15, 0.2) is 0 Å². The van der Waals surface area contributed by atoms with Crippen LogP contribution in [-0.2, 0) is 11.3 Å². The molecule has 2 heterocycles. The highest BCUT2D eigenvalue weighted by Crippen LogP contribution is 2.32. The molecule has 1 amide bonds. The van der Waals surface area contributed by atoms with E-state index in [4.69, 9.17) is 11.6 Å². The van der Waals surface area contributed by atoms with Crippen molar-refractivity contribution < 1.29 is 9.90 Å². The number of imidazole rings is 1. The van der Waals surface area contributed by atoms with Crippen molar-refractivity contribution in [1.82, 2.24) is 9.55 Å². The molecule has 126 valence electrons. The molecule has 0 aliphatic carbocycles. The summed E-state index contributed by atoms with van der Waals surface area (Å²) in [7, 11) is 0. The zero-order valence-electron chi connectivity index (χ0n) is 13.4. The highest BCUT2D eigenvalue weighted by Gasteiger charge is 2.24. The molecule has 0 saturated carbocycles. The first kappa shape index (κ1) is 15.7. The number of rotatable bonds is 3. The zero-order valence-corrected chi connectivity index (χ0v) is 14.1. The SMILES string of the molecule is O=C(CC1=C(O)CCn2c1nc1ccccc12)Nc1ccccc1Cl. The molecular formula is C19H16ClN3O2. The minimum absolute atomic E-state index is 0.0420. The third-order valence-corrected chi connectivity index (χ3v) is 4.66. The van der Waals surface area contributed by atoms with E-state index < -0.39 is 0 Å². The second kappa shape index (κ2) is 6.26. The number of aryl methyl sites for hydroxylation is 1. The van der Waals surface area contributed by atoms with Gasteiger partial charge in [-0.05, 0) is 24.3 Å². The number of anilines is 1. The number of halogens is 1. The first-order valence-corrected chi connectivity index (χ1v) is 8.42. The number of aliphatic hydroxyl groups is 1. The molecule has 0 atom stereocenters. The van der Waals surface area contributed by atoms with Gasteiger partial charge < -0.3 is 15.0 Å². The van der Waals surface area contributed by atoms with Crippen LogP contribution in [0.4, 0.5) is 5.69 Å². The van der Waals surface area contributed by atoms with Crippen molar-refractivity contribution in [2.24, 2.45) is 0 Å². The second-order valence-corrected chi connectivity index (χ2v) is 6.36. The van der Waals surface area contributed by atoms with Crippen LogP contribution < -0.4 is 5.32 Å². The average molecular weight is 354 g/mol. The van der Waals surface area contributed by atoms with Gasteiger partial charge in [0.1, 0.15) is 11.6 Å². The number of nitrogens with zero attached hydrogens (tertiary/aromatic N) is 2. The molecular weight excluding hydrogens is 338 g/mol. The van der Waals surface area contributed by atoms with Gasteiger partial charge in [-0.3, -0.25) is 4.79 Å². The summed E-state index contributed by atoms with van der Waals surface area (Å²) in [6.07, 6.45) is 0.530. The van der Waals surface area contributed by atoms with Gasteiger partial charge in [-0.25, -0.2) is 4.98 Å². The van der Waals surface area contributed by atoms with Gasteiger partial charge in [0, 0.05) is 18.5 Å². The summed E-state index contributed by atoms with van der Waals surface area (Å²) >= 11 is 6.08. The summed E-state index contributed by atoms with van der Waals surface area (Å²) in [4.78, 5) is 17.1. The molecule has 2 N–H and O–H groups in total. The smallest absolute Gasteiger partial charge is 0.229 e. The van der Waals surface area contributed by atoms with E-state index >= 15 is 0 Å². The third-order valence-electron chi connectivity index (χ3n) is 4.33. The van der Waals surface area contributed by atoms with E-state index in [-0.39, 0.29) is 18.1 Å². The van der Waals surface area contributed by atoms with Crippen LogP contribution in [0.5, 0.6) is 0 Å². The summed E-state index contributed by atoms with van der Waals surface area (Å²) < 4.78 is 2.05. The molecule has 0 bridgehead atoms. The number of carbonyl (C=O) groups is 1. The van der Waals surface area contributed by atoms with Crippen LogP contribution in [0, 0.1) is 0 Å². The number of hydrogen-bond donors (Lipinski definition) is 2. The van der Waals surface area contributed by atoms with Gasteiger partial charge >= 0.3 is 0 Å². The highest BCUT2D eigenvalue weighted by molar-refractivity contribution is 6.33. The Bertz CT molecular complexity index is 1010. The van der Waals surface area contributed by atoms with E-state index in [9.17, 15) is 9.90 Å². The first-order valence-electron chi connectivity index (χ1n) is 8.04. The number of allylic oxidation sites excluding steroid dienone is 1. The number of aromatic nitrogens is 2. The van der Waals surface area contributed by atoms with Crippen molar-refractivity contribution in [3.05, 3.63) is 65.1 Å². The molecule has 0 saturated heterocycles. The Morgan fingerprint density at radius 1 is 1.20 bits per heavy atom. The van der Waals surface area contributed by atoms with Gasteiger partial charge in [0.25, 0.3) is 0 Å². The summed E-state index contributed by atoms with van der Waals surface area (Å²) in [5.74, 6) is 0.631. The van der Waals surface area contributed by atoms with Gasteiger partial charge in [-0.1, -0.05) is 35.9 Å². The Kier molecular flexibility index (Phi) is 3.93. The van der Waals surface area contributed by atoms with E-state index in [1.165, 1.54) is 0 Å². The molecule has 0 radical (unpaired) electrons. The summed E-state index contributed by atoms with van der Waals surface area (Å²) in [6, 6.07) is 14.9. The van der Waals surface area contributed by atoms with Gasteiger partial charge in [-0.15, -0.1) is 0 Å². The number of aliphatic hydroxyl groups excluding tert-OH is 1. The fourth-order valence-corrected chi connectivity index (χ4v) is 3.31. The van der Waals surface area contributed by atoms with Crippen molar-refractivity contribution in [3.8, 4) is 0 Å². The topological polar surface area (TPSA) is 67.1 Å². The molecule has 0 unspecified atom stereocenters. The van der Waals surface area contributed by atoms with Gasteiger partial charge in [0.05, 0.1) is 28.2 Å². The van der Waals surface area contributed by atoms with Crippen LogP contribution in [0.2, 0.25) is 5.02 Å². The maximum absolute atomic E-state index is 12.5. The average Bonchev–Trinajstić information content (AvgIpc) is 2.98. The lowest BCUT2D eigenvalue weighted by atomic mass is 10.0. The standard InChI is InChI=1S/C19H16ClN3O2/c20-13-5-1-2-6-14(13)21-18(25)11-12-17(24)9-10-23-16-8-4-3-7-15(16)22-19(12)23/h1-8,24H,9-11H2,(H,21,25). The summed E-state index contributed by atoms with van der Waals surface area (Å²) in [6.45, 7) is 0.650. The number of amides is 1. The van der Waals surface area contributed by atoms with Crippen molar-refractivity contribution in [2.75, 3.05) is 5.32 Å². The minimum Gasteiger partial charge on any atom is -0.512 e. The predicted octanol–water partition coefficient (Wildman–Crippen LogP) is 4.39. The van der Waals surface area contributed by atoms with Crippen molar-refractivity contribution in [3.63, 3.8) is 0 Å². The molecule has 25 heavy (non-hydrogen) atoms. The molecule has 5 nitrogen and oxygen atoms in total. The lowest BCUT2D eigenvalue weighted by Gasteiger charge is -2.19. The molecule has 2 aromatic carbocycles. The van der Waals surface area contributed by atoms with E-state index in [0.717, 1.165) is 11.0 Å². The molecule has 1 aliphatic rings. The van der Waals surface area contributed by atoms with Crippen LogP contribution in [0.25, 0.3) is 16.6 Å². The Morgan fingerprint density at radius 2 is 1.96 bits per heavy atom. The Labute approximate surface area is 149 Å². The lowest BCUT2D eigenvalue weighted by Crippen LogP contribution is -2.18. The number of fused-ring (bicyclic) bond motifs is 3. The van der Waals surface area contributed by atoms with Crippen molar-refractivity contribution in [2.45, 2.75) is 19.4 Å².